The van der Waals surface area contributed by atoms with Crippen LogP contribution in [0.25, 0.3) is 11.1 Å². The lowest BCUT2D eigenvalue weighted by Crippen LogP contribution is -2.26. The van der Waals surface area contributed by atoms with Gasteiger partial charge in [-0.05, 0) is 63.3 Å². The zero-order valence-electron chi connectivity index (χ0n) is 14.9. The van der Waals surface area contributed by atoms with Gasteiger partial charge in [0.25, 0.3) is 0 Å². The molecule has 130 valence electrons. The molecule has 3 nitrogen and oxygen atoms in total. The predicted octanol–water partition coefficient (Wildman–Crippen LogP) is 4.48. The summed E-state index contributed by atoms with van der Waals surface area (Å²) in [6.07, 6.45) is 2.78. The summed E-state index contributed by atoms with van der Waals surface area (Å²) in [6.45, 7) is 6.47. The van der Waals surface area contributed by atoms with Crippen LogP contribution in [0.15, 0.2) is 48.5 Å². The summed E-state index contributed by atoms with van der Waals surface area (Å²) in [5, 5.41) is 23.3. The van der Waals surface area contributed by atoms with Crippen LogP contribution in [0, 0.1) is 0 Å². The average molecular weight is 327 g/mol. The third-order valence-electron chi connectivity index (χ3n) is 4.25. The van der Waals surface area contributed by atoms with E-state index in [0.29, 0.717) is 18.3 Å². The summed E-state index contributed by atoms with van der Waals surface area (Å²) in [4.78, 5) is 0. The Kier molecular flexibility index (Phi) is 6.41. The third-order valence-corrected chi connectivity index (χ3v) is 4.25. The molecule has 1 atom stereocenters. The van der Waals surface area contributed by atoms with Gasteiger partial charge in [-0.1, -0.05) is 36.4 Å². The van der Waals surface area contributed by atoms with Gasteiger partial charge >= 0.3 is 0 Å². The molecule has 0 aliphatic carbocycles. The van der Waals surface area contributed by atoms with Crippen molar-refractivity contribution in [3.63, 3.8) is 0 Å². The quantitative estimate of drug-likeness (QED) is 0.670. The molecule has 0 bridgehead atoms. The van der Waals surface area contributed by atoms with Crippen molar-refractivity contribution in [2.75, 3.05) is 0 Å². The van der Waals surface area contributed by atoms with Gasteiger partial charge in [-0.3, -0.25) is 0 Å². The van der Waals surface area contributed by atoms with E-state index in [2.05, 4.69) is 24.4 Å². The number of phenolic OH excluding ortho intramolecular Hbond substituents is 1. The van der Waals surface area contributed by atoms with Crippen LogP contribution in [0.1, 0.15) is 45.6 Å². The highest BCUT2D eigenvalue weighted by Gasteiger charge is 2.13. The normalized spacial score (nSPS) is 13.0. The first-order valence-corrected chi connectivity index (χ1v) is 8.68. The van der Waals surface area contributed by atoms with Crippen LogP contribution in [-0.4, -0.2) is 21.9 Å². The lowest BCUT2D eigenvalue weighted by atomic mass is 9.99. The van der Waals surface area contributed by atoms with Crippen molar-refractivity contribution in [1.82, 2.24) is 5.32 Å². The second-order valence-corrected chi connectivity index (χ2v) is 7.20. The van der Waals surface area contributed by atoms with Crippen molar-refractivity contribution in [1.29, 1.82) is 0 Å². The topological polar surface area (TPSA) is 52.5 Å². The molecule has 0 fully saturated rings. The molecule has 24 heavy (non-hydrogen) atoms. The Morgan fingerprint density at radius 2 is 1.75 bits per heavy atom. The Bertz CT molecular complexity index is 632. The SMILES string of the molecule is CC(CCCC(C)(C)O)NCc1cc(-c2ccccc2)ccc1O. The summed E-state index contributed by atoms with van der Waals surface area (Å²) < 4.78 is 0. The summed E-state index contributed by atoms with van der Waals surface area (Å²) in [7, 11) is 0. The van der Waals surface area contributed by atoms with Crippen LogP contribution in [0.5, 0.6) is 5.75 Å². The first-order valence-electron chi connectivity index (χ1n) is 8.68. The molecule has 2 aromatic rings. The molecule has 0 aliphatic heterocycles. The number of aliphatic hydroxyl groups is 1. The highest BCUT2D eigenvalue weighted by atomic mass is 16.3. The van der Waals surface area contributed by atoms with Crippen molar-refractivity contribution in [3.8, 4) is 16.9 Å². The molecule has 0 amide bonds. The number of nitrogens with one attached hydrogen (secondary N) is 1. The number of hydrogen-bond acceptors (Lipinski definition) is 3. The maximum Gasteiger partial charge on any atom is 0.120 e. The van der Waals surface area contributed by atoms with Gasteiger partial charge in [0, 0.05) is 18.2 Å². The van der Waals surface area contributed by atoms with Gasteiger partial charge in [0.1, 0.15) is 5.75 Å². The summed E-state index contributed by atoms with van der Waals surface area (Å²) >= 11 is 0. The minimum absolute atomic E-state index is 0.325. The molecule has 3 N–H and O–H groups in total. The number of phenols is 1. The minimum atomic E-state index is -0.595. The molecule has 0 radical (unpaired) electrons. The van der Waals surface area contributed by atoms with E-state index in [1.165, 1.54) is 0 Å². The van der Waals surface area contributed by atoms with E-state index in [1.54, 1.807) is 6.07 Å². The Morgan fingerprint density at radius 3 is 2.42 bits per heavy atom. The molecule has 2 aromatic carbocycles. The van der Waals surface area contributed by atoms with Gasteiger partial charge in [-0.25, -0.2) is 0 Å². The number of rotatable bonds is 8. The Hall–Kier alpha value is -1.84. The lowest BCUT2D eigenvalue weighted by molar-refractivity contribution is 0.0675. The lowest BCUT2D eigenvalue weighted by Gasteiger charge is -2.19. The van der Waals surface area contributed by atoms with Gasteiger partial charge < -0.3 is 15.5 Å². The van der Waals surface area contributed by atoms with E-state index in [-0.39, 0.29) is 0 Å². The van der Waals surface area contributed by atoms with E-state index >= 15 is 0 Å². The van der Waals surface area contributed by atoms with Gasteiger partial charge in [0.05, 0.1) is 5.60 Å². The van der Waals surface area contributed by atoms with Crippen molar-refractivity contribution in [3.05, 3.63) is 54.1 Å². The second-order valence-electron chi connectivity index (χ2n) is 7.20. The summed E-state index contributed by atoms with van der Waals surface area (Å²) in [5.74, 6) is 0.325. The fourth-order valence-corrected chi connectivity index (χ4v) is 2.76. The zero-order valence-corrected chi connectivity index (χ0v) is 14.9. The van der Waals surface area contributed by atoms with Crippen molar-refractivity contribution < 1.29 is 10.2 Å². The smallest absolute Gasteiger partial charge is 0.120 e. The van der Waals surface area contributed by atoms with Crippen LogP contribution in [0.2, 0.25) is 0 Å². The van der Waals surface area contributed by atoms with Gasteiger partial charge in [0.15, 0.2) is 0 Å². The molecule has 0 heterocycles. The number of aromatic hydroxyl groups is 1. The molecule has 1 unspecified atom stereocenters. The summed E-state index contributed by atoms with van der Waals surface area (Å²) in [6, 6.07) is 16.3. The van der Waals surface area contributed by atoms with Gasteiger partial charge in [-0.15, -0.1) is 0 Å². The highest BCUT2D eigenvalue weighted by Crippen LogP contribution is 2.26. The fraction of sp³-hybridized carbons (Fsp3) is 0.429. The van der Waals surface area contributed by atoms with Gasteiger partial charge in [0.2, 0.25) is 0 Å². The molecule has 0 aromatic heterocycles. The Labute approximate surface area is 145 Å². The molecule has 3 heteroatoms. The molecule has 0 aliphatic rings. The van der Waals surface area contributed by atoms with E-state index in [4.69, 9.17) is 0 Å². The fourth-order valence-electron chi connectivity index (χ4n) is 2.76. The summed E-state index contributed by atoms with van der Waals surface area (Å²) in [5.41, 5.74) is 2.57. The molecular formula is C21H29NO2. The van der Waals surface area contributed by atoms with Crippen molar-refractivity contribution >= 4 is 0 Å². The second kappa shape index (κ2) is 8.32. The maximum absolute atomic E-state index is 10.1. The van der Waals surface area contributed by atoms with Crippen LogP contribution in [0.4, 0.5) is 0 Å². The largest absolute Gasteiger partial charge is 0.508 e. The Morgan fingerprint density at radius 1 is 1.04 bits per heavy atom. The van der Waals surface area contributed by atoms with Crippen molar-refractivity contribution in [2.24, 2.45) is 0 Å². The monoisotopic (exact) mass is 327 g/mol. The molecule has 0 saturated carbocycles. The first kappa shape index (κ1) is 18.5. The van der Waals surface area contributed by atoms with Crippen LogP contribution in [-0.2, 0) is 6.54 Å². The van der Waals surface area contributed by atoms with E-state index in [1.807, 2.05) is 44.2 Å². The zero-order chi connectivity index (χ0) is 17.6. The molecule has 0 saturated heterocycles. The predicted molar refractivity (Wildman–Crippen MR) is 100.0 cm³/mol. The van der Waals surface area contributed by atoms with Gasteiger partial charge in [-0.2, -0.15) is 0 Å². The van der Waals surface area contributed by atoms with E-state index in [0.717, 1.165) is 36.0 Å². The number of hydrogen-bond donors (Lipinski definition) is 3. The number of benzene rings is 2. The highest BCUT2D eigenvalue weighted by molar-refractivity contribution is 5.65. The maximum atomic E-state index is 10.1. The van der Waals surface area contributed by atoms with E-state index < -0.39 is 5.60 Å². The third kappa shape index (κ3) is 5.99. The first-order chi connectivity index (χ1) is 11.3. The average Bonchev–Trinajstić information content (AvgIpc) is 2.54. The molecule has 2 rings (SSSR count). The van der Waals surface area contributed by atoms with Crippen LogP contribution in [0.3, 0.4) is 0 Å². The van der Waals surface area contributed by atoms with Crippen LogP contribution < -0.4 is 5.32 Å². The van der Waals surface area contributed by atoms with Crippen LogP contribution >= 0.6 is 0 Å². The minimum Gasteiger partial charge on any atom is -0.508 e. The molecule has 0 spiro atoms. The standard InChI is InChI=1S/C21H29NO2/c1-16(8-7-13-21(2,3)24)22-15-19-14-18(11-12-20(19)23)17-9-5-4-6-10-17/h4-6,9-12,14,16,22-24H,7-8,13,15H2,1-3H3. The van der Waals surface area contributed by atoms with Crippen molar-refractivity contribution in [2.45, 2.75) is 58.2 Å². The molecular weight excluding hydrogens is 298 g/mol. The van der Waals surface area contributed by atoms with E-state index in [9.17, 15) is 10.2 Å². The Balaban J connectivity index is 1.92.